The molecule has 2 heterocycles. The zero-order valence-corrected chi connectivity index (χ0v) is 14.6. The predicted octanol–water partition coefficient (Wildman–Crippen LogP) is 1.52. The molecule has 7 nitrogen and oxygen atoms in total. The molecule has 1 saturated heterocycles. The highest BCUT2D eigenvalue weighted by molar-refractivity contribution is 5.89. The molecule has 1 aliphatic heterocycles. The molecule has 1 N–H and O–H groups in total. The summed E-state index contributed by atoms with van der Waals surface area (Å²) in [5.41, 5.74) is 1.08. The third-order valence-corrected chi connectivity index (χ3v) is 4.74. The molecule has 3 rings (SSSR count). The minimum atomic E-state index is -0.323. The van der Waals surface area contributed by atoms with Gasteiger partial charge in [-0.05, 0) is 19.4 Å². The predicted molar refractivity (Wildman–Crippen MR) is 92.2 cm³/mol. The van der Waals surface area contributed by atoms with E-state index in [1.165, 1.54) is 0 Å². The second-order valence-corrected chi connectivity index (χ2v) is 6.28. The normalized spacial score (nSPS) is 18.4. The number of rotatable bonds is 6. The lowest BCUT2D eigenvalue weighted by Gasteiger charge is -2.25. The molecule has 1 aromatic carbocycles. The van der Waals surface area contributed by atoms with Crippen LogP contribution in [0, 0.1) is 5.92 Å². The summed E-state index contributed by atoms with van der Waals surface area (Å²) in [5.74, 6) is 0.307. The van der Waals surface area contributed by atoms with Gasteiger partial charge in [-0.25, -0.2) is 0 Å². The van der Waals surface area contributed by atoms with Crippen molar-refractivity contribution in [3.05, 3.63) is 48.0 Å². The van der Waals surface area contributed by atoms with Gasteiger partial charge in [-0.3, -0.25) is 9.59 Å². The number of likely N-dealkylation sites (tertiary alicyclic amines) is 1. The van der Waals surface area contributed by atoms with Crippen molar-refractivity contribution in [2.24, 2.45) is 5.92 Å². The van der Waals surface area contributed by atoms with Crippen molar-refractivity contribution in [1.82, 2.24) is 25.0 Å². The molecule has 0 spiro atoms. The van der Waals surface area contributed by atoms with E-state index in [0.717, 1.165) is 17.9 Å². The Kier molecular flexibility index (Phi) is 5.11. The van der Waals surface area contributed by atoms with Gasteiger partial charge in [0, 0.05) is 19.5 Å². The zero-order valence-electron chi connectivity index (χ0n) is 14.6. The largest absolute Gasteiger partial charge is 0.348 e. The topological polar surface area (TPSA) is 80.1 Å². The van der Waals surface area contributed by atoms with Crippen molar-refractivity contribution in [3.8, 4) is 0 Å². The van der Waals surface area contributed by atoms with Gasteiger partial charge in [0.25, 0.3) is 0 Å². The van der Waals surface area contributed by atoms with Crippen LogP contribution in [-0.4, -0.2) is 38.0 Å². The van der Waals surface area contributed by atoms with Gasteiger partial charge < -0.3 is 14.8 Å². The van der Waals surface area contributed by atoms with Crippen LogP contribution in [0.2, 0.25) is 0 Å². The van der Waals surface area contributed by atoms with E-state index in [9.17, 15) is 9.59 Å². The van der Waals surface area contributed by atoms with Crippen LogP contribution >= 0.6 is 0 Å². The quantitative estimate of drug-likeness (QED) is 0.864. The van der Waals surface area contributed by atoms with Gasteiger partial charge in [-0.15, -0.1) is 10.2 Å². The number of benzene rings is 1. The van der Waals surface area contributed by atoms with E-state index in [2.05, 4.69) is 15.5 Å². The first-order valence-corrected chi connectivity index (χ1v) is 8.59. The molecule has 25 heavy (non-hydrogen) atoms. The molecule has 2 amide bonds. The van der Waals surface area contributed by atoms with Crippen molar-refractivity contribution in [3.63, 3.8) is 0 Å². The Labute approximate surface area is 147 Å². The smallest absolute Gasteiger partial charge is 0.225 e. The van der Waals surface area contributed by atoms with Crippen LogP contribution in [0.15, 0.2) is 36.7 Å². The van der Waals surface area contributed by atoms with Crippen LogP contribution in [0.4, 0.5) is 0 Å². The number of nitrogens with zero attached hydrogens (tertiary/aromatic N) is 4. The van der Waals surface area contributed by atoms with E-state index >= 15 is 0 Å². The highest BCUT2D eigenvalue weighted by Gasteiger charge is 2.36. The summed E-state index contributed by atoms with van der Waals surface area (Å²) in [6.45, 7) is 5.51. The minimum Gasteiger partial charge on any atom is -0.348 e. The number of hydrogen-bond acceptors (Lipinski definition) is 4. The van der Waals surface area contributed by atoms with Gasteiger partial charge in [0.2, 0.25) is 11.8 Å². The summed E-state index contributed by atoms with van der Waals surface area (Å²) in [7, 11) is 0. The Morgan fingerprint density at radius 2 is 2.12 bits per heavy atom. The number of aryl methyl sites for hydroxylation is 1. The number of carbonyl (C=O) groups excluding carboxylic acids is 2. The van der Waals surface area contributed by atoms with E-state index in [0.29, 0.717) is 13.1 Å². The van der Waals surface area contributed by atoms with E-state index in [1.54, 1.807) is 11.2 Å². The number of aromatic nitrogens is 3. The standard InChI is InChI=1S/C18H23N5O2/c1-3-22-12-20-21-16(22)10-19-18(25)15-9-17(24)23(11-15)13(2)14-7-5-4-6-8-14/h4-8,12-13,15H,3,9-11H2,1-2H3,(H,19,25)/t13-,15-/m1/s1. The third kappa shape index (κ3) is 3.70. The Hall–Kier alpha value is -2.70. The summed E-state index contributed by atoms with van der Waals surface area (Å²) in [6, 6.07) is 9.84. The summed E-state index contributed by atoms with van der Waals surface area (Å²) >= 11 is 0. The van der Waals surface area contributed by atoms with Crippen molar-refractivity contribution < 1.29 is 9.59 Å². The van der Waals surface area contributed by atoms with Gasteiger partial charge in [0.05, 0.1) is 18.5 Å². The Morgan fingerprint density at radius 1 is 1.36 bits per heavy atom. The van der Waals surface area contributed by atoms with Crippen molar-refractivity contribution in [2.45, 2.75) is 39.4 Å². The number of nitrogens with one attached hydrogen (secondary N) is 1. The van der Waals surface area contributed by atoms with Crippen molar-refractivity contribution >= 4 is 11.8 Å². The monoisotopic (exact) mass is 341 g/mol. The molecule has 0 radical (unpaired) electrons. The van der Waals surface area contributed by atoms with Crippen LogP contribution in [0.5, 0.6) is 0 Å². The lowest BCUT2D eigenvalue weighted by molar-refractivity contribution is -0.130. The molecule has 1 aliphatic rings. The first kappa shape index (κ1) is 17.1. The summed E-state index contributed by atoms with van der Waals surface area (Å²) in [4.78, 5) is 26.6. The fourth-order valence-corrected chi connectivity index (χ4v) is 3.18. The van der Waals surface area contributed by atoms with Crippen molar-refractivity contribution in [2.75, 3.05) is 6.54 Å². The highest BCUT2D eigenvalue weighted by Crippen LogP contribution is 2.28. The maximum absolute atomic E-state index is 12.4. The van der Waals surface area contributed by atoms with Crippen LogP contribution in [0.1, 0.15) is 37.7 Å². The molecule has 1 aromatic heterocycles. The maximum atomic E-state index is 12.4. The number of hydrogen-bond donors (Lipinski definition) is 1. The Bertz CT molecular complexity index is 743. The van der Waals surface area contributed by atoms with E-state index in [4.69, 9.17) is 0 Å². The Balaban J connectivity index is 1.59. The van der Waals surface area contributed by atoms with E-state index < -0.39 is 0 Å². The van der Waals surface area contributed by atoms with Gasteiger partial charge in [-0.2, -0.15) is 0 Å². The molecule has 0 saturated carbocycles. The Morgan fingerprint density at radius 3 is 2.84 bits per heavy atom. The highest BCUT2D eigenvalue weighted by atomic mass is 16.2. The molecule has 2 atom stereocenters. The maximum Gasteiger partial charge on any atom is 0.225 e. The van der Waals surface area contributed by atoms with Crippen LogP contribution in [-0.2, 0) is 22.7 Å². The zero-order chi connectivity index (χ0) is 17.8. The van der Waals surface area contributed by atoms with Gasteiger partial charge >= 0.3 is 0 Å². The van der Waals surface area contributed by atoms with Crippen LogP contribution in [0.3, 0.4) is 0 Å². The first-order valence-electron chi connectivity index (χ1n) is 8.59. The molecular weight excluding hydrogens is 318 g/mol. The average Bonchev–Trinajstić information content (AvgIpc) is 3.26. The number of amides is 2. The molecular formula is C18H23N5O2. The molecule has 2 aromatic rings. The summed E-state index contributed by atoms with van der Waals surface area (Å²) in [5, 5.41) is 10.7. The second-order valence-electron chi connectivity index (χ2n) is 6.28. The SMILES string of the molecule is CCn1cnnc1CNC(=O)[C@@H]1CC(=O)N([C@H](C)c2ccccc2)C1. The molecule has 7 heteroatoms. The third-order valence-electron chi connectivity index (χ3n) is 4.74. The van der Waals surface area contributed by atoms with Gasteiger partial charge in [0.15, 0.2) is 5.82 Å². The van der Waals surface area contributed by atoms with Crippen LogP contribution < -0.4 is 5.32 Å². The molecule has 1 fully saturated rings. The molecule has 0 bridgehead atoms. The summed E-state index contributed by atoms with van der Waals surface area (Å²) in [6.07, 6.45) is 1.90. The van der Waals surface area contributed by atoms with Crippen molar-refractivity contribution in [1.29, 1.82) is 0 Å². The lowest BCUT2D eigenvalue weighted by Crippen LogP contribution is -2.34. The molecule has 0 unspecified atom stereocenters. The van der Waals surface area contributed by atoms with E-state index in [-0.39, 0.29) is 30.2 Å². The molecule has 0 aliphatic carbocycles. The fraction of sp³-hybridized carbons (Fsp3) is 0.444. The fourth-order valence-electron chi connectivity index (χ4n) is 3.18. The van der Waals surface area contributed by atoms with Gasteiger partial charge in [-0.1, -0.05) is 30.3 Å². The number of carbonyl (C=O) groups is 2. The minimum absolute atomic E-state index is 0.0215. The second kappa shape index (κ2) is 7.46. The lowest BCUT2D eigenvalue weighted by atomic mass is 10.1. The molecule has 132 valence electrons. The first-order chi connectivity index (χ1) is 12.1. The average molecular weight is 341 g/mol. The van der Waals surface area contributed by atoms with E-state index in [1.807, 2.05) is 48.7 Å². The van der Waals surface area contributed by atoms with Gasteiger partial charge in [0.1, 0.15) is 6.33 Å². The summed E-state index contributed by atoms with van der Waals surface area (Å²) < 4.78 is 1.88. The van der Waals surface area contributed by atoms with Crippen LogP contribution in [0.25, 0.3) is 0 Å².